The summed E-state index contributed by atoms with van der Waals surface area (Å²) in [5.74, 6) is 0.432. The van der Waals surface area contributed by atoms with Crippen molar-refractivity contribution in [1.29, 1.82) is 0 Å². The molecule has 0 aliphatic rings. The van der Waals surface area contributed by atoms with Gasteiger partial charge >= 0.3 is 6.16 Å². The molecule has 0 N–H and O–H groups in total. The van der Waals surface area contributed by atoms with Crippen molar-refractivity contribution in [1.82, 2.24) is 0 Å². The predicted molar refractivity (Wildman–Crippen MR) is 52.3 cm³/mol. The minimum atomic E-state index is -0.836. The first kappa shape index (κ1) is 10.2. The summed E-state index contributed by atoms with van der Waals surface area (Å²) < 4.78 is 4.80. The van der Waals surface area contributed by atoms with Gasteiger partial charge in [-0.2, -0.15) is 0 Å². The molecule has 0 aliphatic carbocycles. The van der Waals surface area contributed by atoms with Gasteiger partial charge in [-0.1, -0.05) is 23.4 Å². The molecule has 0 amide bonds. The molecule has 0 saturated heterocycles. The average molecular weight is 193 g/mol. The molecule has 0 aliphatic heterocycles. The molecule has 0 saturated carbocycles. The molecule has 0 radical (unpaired) electrons. The summed E-state index contributed by atoms with van der Waals surface area (Å²) in [7, 11) is 0. The minimum absolute atomic E-state index is 0.432. The van der Waals surface area contributed by atoms with E-state index in [0.717, 1.165) is 0 Å². The van der Waals surface area contributed by atoms with Crippen molar-refractivity contribution in [3.05, 3.63) is 30.3 Å². The van der Waals surface area contributed by atoms with Gasteiger partial charge in [-0.3, -0.25) is 4.84 Å². The van der Waals surface area contributed by atoms with E-state index in [2.05, 4.69) is 9.99 Å². The van der Waals surface area contributed by atoms with Gasteiger partial charge in [-0.25, -0.2) is 4.79 Å². The van der Waals surface area contributed by atoms with Crippen molar-refractivity contribution in [3.8, 4) is 5.75 Å². The molecule has 0 unspecified atom stereocenters. The Balaban J connectivity index is 2.46. The Morgan fingerprint density at radius 2 is 1.86 bits per heavy atom. The average Bonchev–Trinajstić information content (AvgIpc) is 2.16. The molecule has 0 heterocycles. The Morgan fingerprint density at radius 1 is 1.21 bits per heavy atom. The summed E-state index contributed by atoms with van der Waals surface area (Å²) in [5.41, 5.74) is 0.648. The SMILES string of the molecule is CC(C)=NOC(=O)Oc1ccccc1. The molecule has 4 heteroatoms. The van der Waals surface area contributed by atoms with Crippen molar-refractivity contribution in [2.75, 3.05) is 0 Å². The van der Waals surface area contributed by atoms with E-state index in [9.17, 15) is 4.79 Å². The quantitative estimate of drug-likeness (QED) is 0.238. The zero-order valence-electron chi connectivity index (χ0n) is 8.06. The van der Waals surface area contributed by atoms with Crippen LogP contribution in [0.15, 0.2) is 35.5 Å². The number of benzene rings is 1. The molecule has 1 aromatic rings. The highest BCUT2D eigenvalue weighted by Gasteiger charge is 2.04. The maximum Gasteiger partial charge on any atom is 0.540 e. The van der Waals surface area contributed by atoms with Crippen molar-refractivity contribution in [2.24, 2.45) is 5.16 Å². The van der Waals surface area contributed by atoms with E-state index >= 15 is 0 Å². The molecule has 0 bridgehead atoms. The lowest BCUT2D eigenvalue weighted by atomic mass is 10.3. The topological polar surface area (TPSA) is 47.9 Å². The summed E-state index contributed by atoms with van der Waals surface area (Å²) in [6.07, 6.45) is -0.836. The number of nitrogens with zero attached hydrogens (tertiary/aromatic N) is 1. The lowest BCUT2D eigenvalue weighted by Gasteiger charge is -2.00. The van der Waals surface area contributed by atoms with Crippen LogP contribution >= 0.6 is 0 Å². The Kier molecular flexibility index (Phi) is 3.67. The monoisotopic (exact) mass is 193 g/mol. The van der Waals surface area contributed by atoms with Crippen LogP contribution < -0.4 is 4.74 Å². The van der Waals surface area contributed by atoms with E-state index in [1.807, 2.05) is 6.07 Å². The van der Waals surface area contributed by atoms with E-state index < -0.39 is 6.16 Å². The number of hydrogen-bond acceptors (Lipinski definition) is 4. The molecule has 74 valence electrons. The van der Waals surface area contributed by atoms with Gasteiger partial charge in [-0.15, -0.1) is 0 Å². The number of carbonyl (C=O) groups is 1. The number of oxime groups is 1. The highest BCUT2D eigenvalue weighted by Crippen LogP contribution is 2.08. The summed E-state index contributed by atoms with van der Waals surface area (Å²) in [6, 6.07) is 8.66. The van der Waals surface area contributed by atoms with Gasteiger partial charge in [0, 0.05) is 0 Å². The Morgan fingerprint density at radius 3 is 2.43 bits per heavy atom. The fraction of sp³-hybridized carbons (Fsp3) is 0.200. The van der Waals surface area contributed by atoms with Gasteiger partial charge in [-0.05, 0) is 26.0 Å². The minimum Gasteiger partial charge on any atom is -0.393 e. The lowest BCUT2D eigenvalue weighted by Crippen LogP contribution is -2.07. The predicted octanol–water partition coefficient (Wildman–Crippen LogP) is 2.60. The van der Waals surface area contributed by atoms with Crippen molar-refractivity contribution < 1.29 is 14.4 Å². The van der Waals surface area contributed by atoms with Crippen LogP contribution in [0, 0.1) is 0 Å². The van der Waals surface area contributed by atoms with E-state index in [1.165, 1.54) is 0 Å². The van der Waals surface area contributed by atoms with Crippen molar-refractivity contribution in [2.45, 2.75) is 13.8 Å². The summed E-state index contributed by atoms with van der Waals surface area (Å²) in [5, 5.41) is 3.46. The molecule has 1 rings (SSSR count). The second-order valence-electron chi connectivity index (χ2n) is 2.79. The highest BCUT2D eigenvalue weighted by molar-refractivity contribution is 5.79. The number of para-hydroxylation sites is 1. The first-order valence-electron chi connectivity index (χ1n) is 4.13. The second-order valence-corrected chi connectivity index (χ2v) is 2.79. The van der Waals surface area contributed by atoms with Crippen LogP contribution in [0.5, 0.6) is 5.75 Å². The standard InChI is InChI=1S/C10H11NO3/c1-8(2)11-14-10(12)13-9-6-4-3-5-7-9/h3-7H,1-2H3. The molecule has 0 spiro atoms. The molecule has 14 heavy (non-hydrogen) atoms. The second kappa shape index (κ2) is 5.01. The van der Waals surface area contributed by atoms with E-state index in [1.54, 1.807) is 38.1 Å². The summed E-state index contributed by atoms with van der Waals surface area (Å²) in [6.45, 7) is 3.44. The molecule has 0 aromatic heterocycles. The lowest BCUT2D eigenvalue weighted by molar-refractivity contribution is 0.102. The zero-order chi connectivity index (χ0) is 10.4. The first-order chi connectivity index (χ1) is 6.68. The van der Waals surface area contributed by atoms with Crippen molar-refractivity contribution in [3.63, 3.8) is 0 Å². The van der Waals surface area contributed by atoms with Crippen LogP contribution in [0.1, 0.15) is 13.8 Å². The summed E-state index contributed by atoms with van der Waals surface area (Å²) >= 11 is 0. The van der Waals surface area contributed by atoms with E-state index in [-0.39, 0.29) is 0 Å². The summed E-state index contributed by atoms with van der Waals surface area (Å²) in [4.78, 5) is 15.4. The molecule has 4 nitrogen and oxygen atoms in total. The Bertz CT molecular complexity index is 328. The molecular formula is C10H11NO3. The third-order valence-electron chi connectivity index (χ3n) is 1.25. The smallest absolute Gasteiger partial charge is 0.393 e. The van der Waals surface area contributed by atoms with Gasteiger partial charge in [0.2, 0.25) is 0 Å². The Labute approximate surface area is 82.1 Å². The first-order valence-corrected chi connectivity index (χ1v) is 4.13. The van der Waals surface area contributed by atoms with Gasteiger partial charge in [0.05, 0.1) is 5.71 Å². The van der Waals surface area contributed by atoms with Gasteiger partial charge in [0.15, 0.2) is 0 Å². The third-order valence-corrected chi connectivity index (χ3v) is 1.25. The normalized spacial score (nSPS) is 9.00. The zero-order valence-corrected chi connectivity index (χ0v) is 8.06. The van der Waals surface area contributed by atoms with Crippen molar-refractivity contribution >= 4 is 11.9 Å². The number of ether oxygens (including phenoxy) is 1. The van der Waals surface area contributed by atoms with Crippen LogP contribution in [0.25, 0.3) is 0 Å². The number of carbonyl (C=O) groups excluding carboxylic acids is 1. The van der Waals surface area contributed by atoms with Gasteiger partial charge in [0.1, 0.15) is 5.75 Å². The number of hydrogen-bond donors (Lipinski definition) is 0. The van der Waals surface area contributed by atoms with Crippen LogP contribution in [-0.4, -0.2) is 11.9 Å². The van der Waals surface area contributed by atoms with E-state index in [0.29, 0.717) is 11.5 Å². The molecule has 0 atom stereocenters. The van der Waals surface area contributed by atoms with Crippen LogP contribution in [0.4, 0.5) is 4.79 Å². The Hall–Kier alpha value is -1.84. The van der Waals surface area contributed by atoms with Crippen LogP contribution in [0.2, 0.25) is 0 Å². The van der Waals surface area contributed by atoms with Gasteiger partial charge in [0.25, 0.3) is 0 Å². The number of rotatable bonds is 2. The van der Waals surface area contributed by atoms with Crippen LogP contribution in [0.3, 0.4) is 0 Å². The molecule has 1 aromatic carbocycles. The fourth-order valence-electron chi connectivity index (χ4n) is 0.732. The fourth-order valence-corrected chi connectivity index (χ4v) is 0.732. The maximum atomic E-state index is 11.0. The maximum absolute atomic E-state index is 11.0. The third kappa shape index (κ3) is 3.71. The molecular weight excluding hydrogens is 182 g/mol. The largest absolute Gasteiger partial charge is 0.540 e. The van der Waals surface area contributed by atoms with E-state index in [4.69, 9.17) is 4.74 Å². The highest BCUT2D eigenvalue weighted by atomic mass is 16.8. The molecule has 0 fully saturated rings. The van der Waals surface area contributed by atoms with Crippen LogP contribution in [-0.2, 0) is 4.84 Å². The van der Waals surface area contributed by atoms with Gasteiger partial charge < -0.3 is 4.74 Å².